The predicted molar refractivity (Wildman–Crippen MR) is 87.4 cm³/mol. The van der Waals surface area contributed by atoms with E-state index in [2.05, 4.69) is 14.8 Å². The maximum atomic E-state index is 12.2. The van der Waals surface area contributed by atoms with E-state index in [0.29, 0.717) is 12.5 Å². The van der Waals surface area contributed by atoms with Crippen molar-refractivity contribution in [2.45, 2.75) is 31.3 Å². The van der Waals surface area contributed by atoms with Crippen LogP contribution in [0.3, 0.4) is 0 Å². The van der Waals surface area contributed by atoms with Crippen LogP contribution in [0, 0.1) is 12.8 Å². The van der Waals surface area contributed by atoms with E-state index < -0.39 is 16.0 Å². The minimum Gasteiger partial charge on any atom is -0.465 e. The molecule has 7 nitrogen and oxygen atoms in total. The zero-order chi connectivity index (χ0) is 16.2. The van der Waals surface area contributed by atoms with E-state index in [1.807, 2.05) is 0 Å². The van der Waals surface area contributed by atoms with Gasteiger partial charge in [-0.15, -0.1) is 12.4 Å². The number of piperidine rings is 1. The van der Waals surface area contributed by atoms with Crippen LogP contribution in [0.2, 0.25) is 0 Å². The topological polar surface area (TPSA) is 97.6 Å². The van der Waals surface area contributed by atoms with Crippen molar-refractivity contribution in [2.24, 2.45) is 5.92 Å². The number of methoxy groups -OCH3 is 1. The van der Waals surface area contributed by atoms with E-state index in [1.54, 1.807) is 0 Å². The van der Waals surface area contributed by atoms with E-state index in [0.717, 1.165) is 32.4 Å². The highest BCUT2D eigenvalue weighted by atomic mass is 35.5. The SMILES string of the molecule is COC(=O)c1cc(S(=O)(=O)NCCC2CCCNC2)oc1C.Cl. The summed E-state index contributed by atoms with van der Waals surface area (Å²) in [5.41, 5.74) is 0.124. The van der Waals surface area contributed by atoms with Crippen molar-refractivity contribution in [1.82, 2.24) is 10.0 Å². The molecule has 2 rings (SSSR count). The molecule has 0 bridgehead atoms. The first-order valence-corrected chi connectivity index (χ1v) is 8.81. The molecule has 2 heterocycles. The summed E-state index contributed by atoms with van der Waals surface area (Å²) in [5, 5.41) is 3.04. The molecule has 2 N–H and O–H groups in total. The number of nitrogens with one attached hydrogen (secondary N) is 2. The third-order valence-electron chi connectivity index (χ3n) is 3.81. The molecular weight excluding hydrogens is 344 g/mol. The summed E-state index contributed by atoms with van der Waals surface area (Å²) in [4.78, 5) is 11.5. The number of hydrogen-bond acceptors (Lipinski definition) is 6. The molecular formula is C14H23ClN2O5S. The number of sulfonamides is 1. The lowest BCUT2D eigenvalue weighted by molar-refractivity contribution is 0.0599. The van der Waals surface area contributed by atoms with Crippen LogP contribution in [-0.2, 0) is 14.8 Å². The highest BCUT2D eigenvalue weighted by molar-refractivity contribution is 7.89. The summed E-state index contributed by atoms with van der Waals surface area (Å²) >= 11 is 0. The van der Waals surface area contributed by atoms with Crippen molar-refractivity contribution >= 4 is 28.4 Å². The first-order chi connectivity index (χ1) is 10.4. The lowest BCUT2D eigenvalue weighted by Gasteiger charge is -2.22. The standard InChI is InChI=1S/C14H22N2O5S.ClH/c1-10-12(14(17)20-2)8-13(21-10)22(18,19)16-7-5-11-4-3-6-15-9-11;/h8,11,15-16H,3-7,9H2,1-2H3;1H. The number of hydrogen-bond donors (Lipinski definition) is 2. The number of aryl methyl sites for hydroxylation is 1. The Morgan fingerprint density at radius 2 is 2.26 bits per heavy atom. The van der Waals surface area contributed by atoms with Gasteiger partial charge in [0.1, 0.15) is 11.3 Å². The van der Waals surface area contributed by atoms with E-state index in [-0.39, 0.29) is 28.8 Å². The number of carbonyl (C=O) groups is 1. The van der Waals surface area contributed by atoms with Crippen molar-refractivity contribution in [3.63, 3.8) is 0 Å². The lowest BCUT2D eigenvalue weighted by Crippen LogP contribution is -2.33. The summed E-state index contributed by atoms with van der Waals surface area (Å²) < 4.78 is 36.6. The molecule has 0 aromatic carbocycles. The molecule has 1 aromatic rings. The van der Waals surface area contributed by atoms with E-state index >= 15 is 0 Å². The second-order valence-corrected chi connectivity index (χ2v) is 7.12. The van der Waals surface area contributed by atoms with Gasteiger partial charge in [-0.1, -0.05) is 0 Å². The maximum absolute atomic E-state index is 12.2. The van der Waals surface area contributed by atoms with Gasteiger partial charge >= 0.3 is 5.97 Å². The molecule has 132 valence electrons. The Labute approximate surface area is 142 Å². The highest BCUT2D eigenvalue weighted by Gasteiger charge is 2.24. The molecule has 0 saturated carbocycles. The third-order valence-corrected chi connectivity index (χ3v) is 5.12. The molecule has 23 heavy (non-hydrogen) atoms. The fourth-order valence-electron chi connectivity index (χ4n) is 2.54. The van der Waals surface area contributed by atoms with Gasteiger partial charge in [0, 0.05) is 12.6 Å². The van der Waals surface area contributed by atoms with Crippen LogP contribution in [0.1, 0.15) is 35.4 Å². The Bertz CT molecular complexity index is 623. The molecule has 1 atom stereocenters. The van der Waals surface area contributed by atoms with Crippen LogP contribution in [0.4, 0.5) is 0 Å². The normalized spacial score (nSPS) is 18.3. The molecule has 1 aromatic heterocycles. The average molecular weight is 367 g/mol. The van der Waals surface area contributed by atoms with Crippen LogP contribution in [-0.4, -0.2) is 41.1 Å². The fourth-order valence-corrected chi connectivity index (χ4v) is 3.58. The van der Waals surface area contributed by atoms with Gasteiger partial charge in [0.2, 0.25) is 5.09 Å². The van der Waals surface area contributed by atoms with E-state index in [4.69, 9.17) is 4.42 Å². The van der Waals surface area contributed by atoms with Crippen molar-refractivity contribution < 1.29 is 22.4 Å². The molecule has 9 heteroatoms. The maximum Gasteiger partial charge on any atom is 0.341 e. The Morgan fingerprint density at radius 1 is 1.52 bits per heavy atom. The quantitative estimate of drug-likeness (QED) is 0.740. The fraction of sp³-hybridized carbons (Fsp3) is 0.643. The van der Waals surface area contributed by atoms with Gasteiger partial charge in [-0.25, -0.2) is 17.9 Å². The highest BCUT2D eigenvalue weighted by Crippen LogP contribution is 2.20. The lowest BCUT2D eigenvalue weighted by atomic mass is 9.96. The Morgan fingerprint density at radius 3 is 2.87 bits per heavy atom. The minimum absolute atomic E-state index is 0. The summed E-state index contributed by atoms with van der Waals surface area (Å²) in [6, 6.07) is 1.20. The van der Waals surface area contributed by atoms with E-state index in [1.165, 1.54) is 20.1 Å². The van der Waals surface area contributed by atoms with Crippen LogP contribution in [0.25, 0.3) is 0 Å². The van der Waals surface area contributed by atoms with Gasteiger partial charge < -0.3 is 14.5 Å². The minimum atomic E-state index is -3.75. The Kier molecular flexibility index (Phi) is 7.53. The summed E-state index contributed by atoms with van der Waals surface area (Å²) in [6.45, 7) is 3.83. The van der Waals surface area contributed by atoms with Crippen molar-refractivity contribution in [3.05, 3.63) is 17.4 Å². The van der Waals surface area contributed by atoms with Gasteiger partial charge in [0.25, 0.3) is 10.0 Å². The molecule has 0 amide bonds. The summed E-state index contributed by atoms with van der Waals surface area (Å²) in [5.74, 6) is 0.0973. The number of esters is 1. The molecule has 0 aliphatic carbocycles. The van der Waals surface area contributed by atoms with Crippen LogP contribution < -0.4 is 10.0 Å². The molecule has 1 fully saturated rings. The molecule has 0 radical (unpaired) electrons. The largest absolute Gasteiger partial charge is 0.465 e. The number of ether oxygens (including phenoxy) is 1. The molecule has 1 unspecified atom stereocenters. The summed E-state index contributed by atoms with van der Waals surface area (Å²) in [7, 11) is -2.51. The summed E-state index contributed by atoms with van der Waals surface area (Å²) in [6.07, 6.45) is 3.01. The first-order valence-electron chi connectivity index (χ1n) is 7.33. The zero-order valence-corrected chi connectivity index (χ0v) is 14.9. The smallest absolute Gasteiger partial charge is 0.341 e. The Hall–Kier alpha value is -1.09. The number of carbonyl (C=O) groups excluding carboxylic acids is 1. The van der Waals surface area contributed by atoms with Gasteiger partial charge in [-0.3, -0.25) is 0 Å². The monoisotopic (exact) mass is 366 g/mol. The van der Waals surface area contributed by atoms with Gasteiger partial charge in [-0.05, 0) is 45.2 Å². The van der Waals surface area contributed by atoms with E-state index in [9.17, 15) is 13.2 Å². The van der Waals surface area contributed by atoms with Gasteiger partial charge in [0.05, 0.1) is 7.11 Å². The first kappa shape index (κ1) is 20.0. The number of furan rings is 1. The average Bonchev–Trinajstić information content (AvgIpc) is 2.90. The molecule has 1 aliphatic rings. The van der Waals surface area contributed by atoms with Crippen molar-refractivity contribution in [1.29, 1.82) is 0 Å². The second-order valence-electron chi connectivity index (χ2n) is 5.43. The van der Waals surface area contributed by atoms with Crippen LogP contribution in [0.15, 0.2) is 15.6 Å². The van der Waals surface area contributed by atoms with Gasteiger partial charge in [-0.2, -0.15) is 0 Å². The van der Waals surface area contributed by atoms with Crippen LogP contribution >= 0.6 is 12.4 Å². The number of halogens is 1. The zero-order valence-electron chi connectivity index (χ0n) is 13.3. The number of rotatable bonds is 6. The second kappa shape index (κ2) is 8.68. The van der Waals surface area contributed by atoms with Crippen molar-refractivity contribution in [3.8, 4) is 0 Å². The van der Waals surface area contributed by atoms with Crippen molar-refractivity contribution in [2.75, 3.05) is 26.7 Å². The molecule has 1 aliphatic heterocycles. The predicted octanol–water partition coefficient (Wildman–Crippen LogP) is 1.46. The van der Waals surface area contributed by atoms with Gasteiger partial charge in [0.15, 0.2) is 0 Å². The van der Waals surface area contributed by atoms with Crippen LogP contribution in [0.5, 0.6) is 0 Å². The molecule has 1 saturated heterocycles. The third kappa shape index (κ3) is 5.20. The Balaban J connectivity index is 0.00000264. The molecule has 0 spiro atoms.